The molecule has 1 aliphatic rings. The molecule has 172 valence electrons. The summed E-state index contributed by atoms with van der Waals surface area (Å²) in [5.41, 5.74) is 2.69. The second-order valence-electron chi connectivity index (χ2n) is 8.64. The molecule has 1 aromatic carbocycles. The van der Waals surface area contributed by atoms with E-state index in [9.17, 15) is 10.2 Å². The highest BCUT2D eigenvalue weighted by Crippen LogP contribution is 2.33. The number of nitrogens with zero attached hydrogens (tertiary/aromatic N) is 3. The maximum atomic E-state index is 11.0. The lowest BCUT2D eigenvalue weighted by molar-refractivity contribution is 0.0640. The number of fused-ring (bicyclic) bond motifs is 1. The number of piperidine rings is 1. The molecule has 3 heterocycles. The van der Waals surface area contributed by atoms with Gasteiger partial charge in [0.2, 0.25) is 0 Å². The van der Waals surface area contributed by atoms with Gasteiger partial charge in [0.15, 0.2) is 0 Å². The fourth-order valence-electron chi connectivity index (χ4n) is 4.67. The van der Waals surface area contributed by atoms with Gasteiger partial charge in [-0.3, -0.25) is 14.9 Å². The van der Waals surface area contributed by atoms with Gasteiger partial charge in [-0.25, -0.2) is 0 Å². The maximum absolute atomic E-state index is 11.0. The molecule has 3 atom stereocenters. The van der Waals surface area contributed by atoms with Gasteiger partial charge < -0.3 is 14.9 Å². The van der Waals surface area contributed by atoms with E-state index < -0.39 is 6.10 Å². The van der Waals surface area contributed by atoms with Gasteiger partial charge in [0, 0.05) is 42.7 Å². The van der Waals surface area contributed by atoms with Gasteiger partial charge in [-0.05, 0) is 79.6 Å². The molecule has 1 unspecified atom stereocenters. The zero-order valence-electron chi connectivity index (χ0n) is 19.0. The molecule has 0 spiro atoms. The Labute approximate surface area is 195 Å². The van der Waals surface area contributed by atoms with Crippen molar-refractivity contribution in [3.8, 4) is 17.6 Å². The summed E-state index contributed by atoms with van der Waals surface area (Å²) in [6.45, 7) is 2.64. The summed E-state index contributed by atoms with van der Waals surface area (Å²) >= 11 is 0. The number of rotatable bonds is 7. The zero-order chi connectivity index (χ0) is 23.0. The van der Waals surface area contributed by atoms with Crippen LogP contribution in [0.2, 0.25) is 0 Å². The summed E-state index contributed by atoms with van der Waals surface area (Å²) in [7, 11) is 1.64. The number of ether oxygens (including phenoxy) is 1. The van der Waals surface area contributed by atoms with Crippen LogP contribution in [0.4, 0.5) is 0 Å². The Hall–Kier alpha value is -2.98. The molecule has 0 saturated carbocycles. The molecular formula is C27H31N3O3. The van der Waals surface area contributed by atoms with Crippen molar-refractivity contribution in [2.75, 3.05) is 33.4 Å². The third-order valence-corrected chi connectivity index (χ3v) is 6.58. The summed E-state index contributed by atoms with van der Waals surface area (Å²) < 4.78 is 5.35. The fraction of sp³-hybridized carbons (Fsp3) is 0.407. The summed E-state index contributed by atoms with van der Waals surface area (Å²) in [5.74, 6) is 7.75. The molecule has 2 aromatic heterocycles. The third kappa shape index (κ3) is 5.88. The number of benzene rings is 1. The minimum absolute atomic E-state index is 0.157. The van der Waals surface area contributed by atoms with E-state index >= 15 is 0 Å². The van der Waals surface area contributed by atoms with Gasteiger partial charge in [0.1, 0.15) is 5.75 Å². The first-order chi connectivity index (χ1) is 16.2. The summed E-state index contributed by atoms with van der Waals surface area (Å²) in [4.78, 5) is 10.7. The van der Waals surface area contributed by atoms with Crippen molar-refractivity contribution in [2.45, 2.75) is 25.4 Å². The van der Waals surface area contributed by atoms with Crippen molar-refractivity contribution in [2.24, 2.45) is 11.8 Å². The molecule has 33 heavy (non-hydrogen) atoms. The van der Waals surface area contributed by atoms with Crippen molar-refractivity contribution in [1.82, 2.24) is 14.9 Å². The van der Waals surface area contributed by atoms with Gasteiger partial charge in [-0.1, -0.05) is 11.8 Å². The second-order valence-corrected chi connectivity index (χ2v) is 8.64. The van der Waals surface area contributed by atoms with Crippen molar-refractivity contribution >= 4 is 10.9 Å². The molecule has 0 radical (unpaired) electrons. The SMILES string of the molecule is COc1ccc2nccc(C(O)CC[C@@H]3CCN(CC#Cc4ccncc4)C[C@@H]3CO)c2c1. The van der Waals surface area contributed by atoms with Crippen LogP contribution in [-0.2, 0) is 0 Å². The van der Waals surface area contributed by atoms with Crippen molar-refractivity contribution < 1.29 is 14.9 Å². The summed E-state index contributed by atoms with van der Waals surface area (Å²) in [6, 6.07) is 11.4. The first-order valence-corrected chi connectivity index (χ1v) is 11.5. The fourth-order valence-corrected chi connectivity index (χ4v) is 4.67. The maximum Gasteiger partial charge on any atom is 0.119 e. The quantitative estimate of drug-likeness (QED) is 0.543. The molecule has 3 aromatic rings. The summed E-state index contributed by atoms with van der Waals surface area (Å²) in [6.07, 6.45) is 7.19. The molecule has 0 aliphatic carbocycles. The molecular weight excluding hydrogens is 414 g/mol. The lowest BCUT2D eigenvalue weighted by Gasteiger charge is -2.37. The number of pyridine rings is 2. The average molecular weight is 446 g/mol. The van der Waals surface area contributed by atoms with E-state index in [4.69, 9.17) is 4.74 Å². The normalized spacial score (nSPS) is 19.6. The molecule has 1 fully saturated rings. The molecule has 0 bridgehead atoms. The minimum Gasteiger partial charge on any atom is -0.497 e. The van der Waals surface area contributed by atoms with E-state index in [1.807, 2.05) is 36.4 Å². The first-order valence-electron chi connectivity index (χ1n) is 11.5. The van der Waals surface area contributed by atoms with Crippen LogP contribution in [0.3, 0.4) is 0 Å². The van der Waals surface area contributed by atoms with Crippen LogP contribution in [0.25, 0.3) is 10.9 Å². The number of aliphatic hydroxyl groups excluding tert-OH is 2. The van der Waals surface area contributed by atoms with Crippen LogP contribution < -0.4 is 4.74 Å². The predicted octanol–water partition coefficient (Wildman–Crippen LogP) is 3.43. The Bertz CT molecular complexity index is 1110. The number of aliphatic hydroxyl groups is 2. The van der Waals surface area contributed by atoms with E-state index in [0.717, 1.165) is 53.7 Å². The van der Waals surface area contributed by atoms with Gasteiger partial charge >= 0.3 is 0 Å². The molecule has 2 N–H and O–H groups in total. The van der Waals surface area contributed by atoms with Gasteiger partial charge in [-0.2, -0.15) is 0 Å². The molecule has 0 amide bonds. The van der Waals surface area contributed by atoms with E-state index in [1.165, 1.54) is 0 Å². The van der Waals surface area contributed by atoms with Crippen molar-refractivity contribution in [3.63, 3.8) is 0 Å². The standard InChI is InChI=1S/C27H31N3O3/c1-33-23-5-6-26-25(17-23)24(10-14-29-26)27(32)7-4-21-11-16-30(18-22(21)19-31)15-2-3-20-8-12-28-13-9-20/h5-6,8-10,12-14,17,21-22,27,31-32H,4,7,11,15-16,18-19H2,1H3/t21-,22-,27?/m1/s1. The Kier molecular flexibility index (Phi) is 7.90. The lowest BCUT2D eigenvalue weighted by atomic mass is 9.81. The lowest BCUT2D eigenvalue weighted by Crippen LogP contribution is -2.42. The van der Waals surface area contributed by atoms with Crippen LogP contribution in [0, 0.1) is 23.7 Å². The van der Waals surface area contributed by atoms with E-state index in [0.29, 0.717) is 18.9 Å². The van der Waals surface area contributed by atoms with Crippen molar-refractivity contribution in [1.29, 1.82) is 0 Å². The highest BCUT2D eigenvalue weighted by molar-refractivity contribution is 5.83. The average Bonchev–Trinajstić information content (AvgIpc) is 2.87. The highest BCUT2D eigenvalue weighted by atomic mass is 16.5. The number of aromatic nitrogens is 2. The molecule has 1 aliphatic heterocycles. The smallest absolute Gasteiger partial charge is 0.119 e. The largest absolute Gasteiger partial charge is 0.497 e. The van der Waals surface area contributed by atoms with Crippen LogP contribution in [-0.4, -0.2) is 58.4 Å². The van der Waals surface area contributed by atoms with E-state index in [2.05, 4.69) is 26.7 Å². The predicted molar refractivity (Wildman–Crippen MR) is 129 cm³/mol. The molecule has 1 saturated heterocycles. The van der Waals surface area contributed by atoms with Gasteiger partial charge in [-0.15, -0.1) is 0 Å². The first kappa shape index (κ1) is 23.2. The third-order valence-electron chi connectivity index (χ3n) is 6.58. The van der Waals surface area contributed by atoms with Gasteiger partial charge in [0.05, 0.1) is 25.3 Å². The van der Waals surface area contributed by atoms with E-state index in [1.54, 1.807) is 25.7 Å². The zero-order valence-corrected chi connectivity index (χ0v) is 19.0. The summed E-state index contributed by atoms with van der Waals surface area (Å²) in [5, 5.41) is 21.9. The second kappa shape index (κ2) is 11.2. The van der Waals surface area contributed by atoms with Crippen LogP contribution in [0.1, 0.15) is 36.5 Å². The van der Waals surface area contributed by atoms with Crippen molar-refractivity contribution in [3.05, 3.63) is 66.1 Å². The Balaban J connectivity index is 1.34. The van der Waals surface area contributed by atoms with E-state index in [-0.39, 0.29) is 12.5 Å². The van der Waals surface area contributed by atoms with Gasteiger partial charge in [0.25, 0.3) is 0 Å². The molecule has 6 heteroatoms. The Morgan fingerprint density at radius 3 is 2.79 bits per heavy atom. The van der Waals surface area contributed by atoms with Crippen LogP contribution in [0.15, 0.2) is 55.0 Å². The minimum atomic E-state index is -0.578. The number of likely N-dealkylation sites (tertiary alicyclic amines) is 1. The monoisotopic (exact) mass is 445 g/mol. The molecule has 4 rings (SSSR count). The Morgan fingerprint density at radius 1 is 1.15 bits per heavy atom. The van der Waals surface area contributed by atoms with Crippen LogP contribution in [0.5, 0.6) is 5.75 Å². The number of hydrogen-bond donors (Lipinski definition) is 2. The molecule has 6 nitrogen and oxygen atoms in total. The number of hydrogen-bond acceptors (Lipinski definition) is 6. The number of methoxy groups -OCH3 is 1. The topological polar surface area (TPSA) is 78.7 Å². The van der Waals surface area contributed by atoms with Crippen LogP contribution >= 0.6 is 0 Å². The Morgan fingerprint density at radius 2 is 2.00 bits per heavy atom. The highest BCUT2D eigenvalue weighted by Gasteiger charge is 2.29.